The van der Waals surface area contributed by atoms with Gasteiger partial charge in [0.15, 0.2) is 0 Å². The van der Waals surface area contributed by atoms with E-state index in [0.29, 0.717) is 6.54 Å². The first-order chi connectivity index (χ1) is 9.47. The van der Waals surface area contributed by atoms with Crippen LogP contribution >= 0.6 is 27.5 Å². The molecule has 0 radical (unpaired) electrons. The van der Waals surface area contributed by atoms with Gasteiger partial charge in [0.25, 0.3) is 0 Å². The van der Waals surface area contributed by atoms with Crippen LogP contribution in [0.4, 0.5) is 8.78 Å². The minimum atomic E-state index is -0.426. The second kappa shape index (κ2) is 6.66. The van der Waals surface area contributed by atoms with Gasteiger partial charge in [-0.1, -0.05) is 39.7 Å². The summed E-state index contributed by atoms with van der Waals surface area (Å²) in [6.45, 7) is 2.52. The van der Waals surface area contributed by atoms with E-state index in [0.717, 1.165) is 15.6 Å². The Hall–Kier alpha value is -0.970. The largest absolute Gasteiger partial charge is 0.306 e. The zero-order valence-electron chi connectivity index (χ0n) is 10.8. The van der Waals surface area contributed by atoms with Crippen molar-refractivity contribution in [1.82, 2.24) is 5.32 Å². The van der Waals surface area contributed by atoms with Crippen LogP contribution in [0.3, 0.4) is 0 Å². The summed E-state index contributed by atoms with van der Waals surface area (Å²) < 4.78 is 26.8. The smallest absolute Gasteiger partial charge is 0.141 e. The van der Waals surface area contributed by atoms with E-state index >= 15 is 0 Å². The molecule has 0 saturated carbocycles. The van der Waals surface area contributed by atoms with Crippen molar-refractivity contribution in [1.29, 1.82) is 0 Å². The zero-order chi connectivity index (χ0) is 14.7. The Morgan fingerprint density at radius 2 is 1.95 bits per heavy atom. The fraction of sp³-hybridized carbons (Fsp3) is 0.200. The van der Waals surface area contributed by atoms with Crippen molar-refractivity contribution in [2.75, 3.05) is 0 Å². The molecule has 0 saturated heterocycles. The average Bonchev–Trinajstić information content (AvgIpc) is 2.40. The van der Waals surface area contributed by atoms with E-state index in [2.05, 4.69) is 21.2 Å². The minimum absolute atomic E-state index is 0.0220. The number of benzene rings is 2. The predicted octanol–water partition coefficient (Wildman–Crippen LogP) is 5.23. The summed E-state index contributed by atoms with van der Waals surface area (Å²) in [5.41, 5.74) is 1.85. The van der Waals surface area contributed by atoms with Gasteiger partial charge in [-0.05, 0) is 42.3 Å². The Bertz CT molecular complexity index is 619. The maximum absolute atomic E-state index is 13.1. The molecule has 1 unspecified atom stereocenters. The van der Waals surface area contributed by atoms with Crippen molar-refractivity contribution in [2.45, 2.75) is 19.5 Å². The monoisotopic (exact) mass is 359 g/mol. The van der Waals surface area contributed by atoms with E-state index < -0.39 is 5.82 Å². The molecule has 1 nitrogen and oxygen atoms in total. The quantitative estimate of drug-likeness (QED) is 0.787. The van der Waals surface area contributed by atoms with Crippen LogP contribution in [0.2, 0.25) is 5.02 Å². The Kier molecular flexibility index (Phi) is 5.13. The summed E-state index contributed by atoms with van der Waals surface area (Å²) in [6, 6.07) is 9.23. The topological polar surface area (TPSA) is 12.0 Å². The molecule has 0 aliphatic rings. The van der Waals surface area contributed by atoms with Crippen molar-refractivity contribution in [3.8, 4) is 0 Å². The predicted molar refractivity (Wildman–Crippen MR) is 80.8 cm³/mol. The molecule has 0 amide bonds. The molecule has 2 aromatic carbocycles. The van der Waals surface area contributed by atoms with Gasteiger partial charge >= 0.3 is 0 Å². The van der Waals surface area contributed by atoms with Crippen LogP contribution in [-0.4, -0.2) is 0 Å². The second-order valence-electron chi connectivity index (χ2n) is 4.52. The van der Waals surface area contributed by atoms with Crippen molar-refractivity contribution in [3.63, 3.8) is 0 Å². The molecule has 1 N–H and O–H groups in total. The van der Waals surface area contributed by atoms with Crippen LogP contribution in [0.5, 0.6) is 0 Å². The maximum Gasteiger partial charge on any atom is 0.141 e. The molecule has 2 rings (SSSR count). The SMILES string of the molecule is CC(NCc1ccc(F)c(Cl)c1)c1ccc(F)cc1Br. The van der Waals surface area contributed by atoms with Crippen LogP contribution in [0.25, 0.3) is 0 Å². The highest BCUT2D eigenvalue weighted by Crippen LogP contribution is 2.24. The van der Waals surface area contributed by atoms with E-state index in [-0.39, 0.29) is 16.9 Å². The average molecular weight is 361 g/mol. The van der Waals surface area contributed by atoms with Gasteiger partial charge in [0.05, 0.1) is 5.02 Å². The minimum Gasteiger partial charge on any atom is -0.306 e. The highest BCUT2D eigenvalue weighted by molar-refractivity contribution is 9.10. The van der Waals surface area contributed by atoms with Gasteiger partial charge in [-0.15, -0.1) is 0 Å². The molecule has 20 heavy (non-hydrogen) atoms. The van der Waals surface area contributed by atoms with Crippen molar-refractivity contribution in [2.24, 2.45) is 0 Å². The van der Waals surface area contributed by atoms with Gasteiger partial charge in [-0.2, -0.15) is 0 Å². The number of rotatable bonds is 4. The van der Waals surface area contributed by atoms with Gasteiger partial charge in [0.2, 0.25) is 0 Å². The Labute approximate surface area is 130 Å². The Balaban J connectivity index is 2.04. The Morgan fingerprint density at radius 3 is 2.60 bits per heavy atom. The van der Waals surface area contributed by atoms with Crippen LogP contribution in [0, 0.1) is 11.6 Å². The summed E-state index contributed by atoms with van der Waals surface area (Å²) in [5.74, 6) is -0.706. The lowest BCUT2D eigenvalue weighted by molar-refractivity contribution is 0.567. The van der Waals surface area contributed by atoms with Crippen molar-refractivity contribution in [3.05, 3.63) is 68.7 Å². The number of hydrogen-bond donors (Lipinski definition) is 1. The molecule has 0 bridgehead atoms. The molecule has 106 valence electrons. The first-order valence-electron chi connectivity index (χ1n) is 6.09. The third-order valence-corrected chi connectivity index (χ3v) is 4.00. The molecule has 0 aromatic heterocycles. The van der Waals surface area contributed by atoms with E-state index in [1.54, 1.807) is 18.2 Å². The van der Waals surface area contributed by atoms with Crippen LogP contribution in [0.15, 0.2) is 40.9 Å². The summed E-state index contributed by atoms with van der Waals surface area (Å²) in [6.07, 6.45) is 0. The molecule has 0 aliphatic carbocycles. The molecular formula is C15H13BrClF2N. The lowest BCUT2D eigenvalue weighted by Crippen LogP contribution is -2.18. The summed E-state index contributed by atoms with van der Waals surface area (Å²) >= 11 is 9.08. The lowest BCUT2D eigenvalue weighted by Gasteiger charge is -2.16. The van der Waals surface area contributed by atoms with Gasteiger partial charge < -0.3 is 5.32 Å². The Morgan fingerprint density at radius 1 is 1.20 bits per heavy atom. The number of hydrogen-bond acceptors (Lipinski definition) is 1. The van der Waals surface area contributed by atoms with Gasteiger partial charge in [0, 0.05) is 17.1 Å². The molecule has 1 atom stereocenters. The van der Waals surface area contributed by atoms with Crippen molar-refractivity contribution < 1.29 is 8.78 Å². The van der Waals surface area contributed by atoms with E-state index in [4.69, 9.17) is 11.6 Å². The lowest BCUT2D eigenvalue weighted by atomic mass is 10.1. The maximum atomic E-state index is 13.1. The van der Waals surface area contributed by atoms with Gasteiger partial charge in [-0.3, -0.25) is 0 Å². The molecule has 0 aliphatic heterocycles. The summed E-state index contributed by atoms with van der Waals surface area (Å²) in [5, 5.41) is 3.40. The fourth-order valence-electron chi connectivity index (χ4n) is 1.88. The van der Waals surface area contributed by atoms with Crippen molar-refractivity contribution >= 4 is 27.5 Å². The highest BCUT2D eigenvalue weighted by Gasteiger charge is 2.10. The molecule has 2 aromatic rings. The second-order valence-corrected chi connectivity index (χ2v) is 5.78. The van der Waals surface area contributed by atoms with E-state index in [9.17, 15) is 8.78 Å². The third-order valence-electron chi connectivity index (χ3n) is 3.03. The third kappa shape index (κ3) is 3.78. The molecular weight excluding hydrogens is 348 g/mol. The van der Waals surface area contributed by atoms with Crippen LogP contribution < -0.4 is 5.32 Å². The first kappa shape index (κ1) is 15.4. The van der Waals surface area contributed by atoms with Crippen LogP contribution in [-0.2, 0) is 6.54 Å². The first-order valence-corrected chi connectivity index (χ1v) is 7.26. The standard InChI is InChI=1S/C15H13BrClF2N/c1-9(12-4-3-11(18)7-13(12)16)20-8-10-2-5-15(19)14(17)6-10/h2-7,9,20H,8H2,1H3. The number of halogens is 4. The molecule has 0 heterocycles. The van der Waals surface area contributed by atoms with Gasteiger partial charge in [0.1, 0.15) is 11.6 Å². The normalized spacial score (nSPS) is 12.4. The van der Waals surface area contributed by atoms with E-state index in [1.165, 1.54) is 18.2 Å². The number of nitrogens with one attached hydrogen (secondary N) is 1. The van der Waals surface area contributed by atoms with Crippen LogP contribution in [0.1, 0.15) is 24.1 Å². The van der Waals surface area contributed by atoms with E-state index in [1.807, 2.05) is 6.92 Å². The molecule has 5 heteroatoms. The molecule has 0 fully saturated rings. The zero-order valence-corrected chi connectivity index (χ0v) is 13.1. The summed E-state index contributed by atoms with van der Waals surface area (Å²) in [4.78, 5) is 0. The molecule has 0 spiro atoms. The summed E-state index contributed by atoms with van der Waals surface area (Å²) in [7, 11) is 0. The van der Waals surface area contributed by atoms with Gasteiger partial charge in [-0.25, -0.2) is 8.78 Å². The fourth-order valence-corrected chi connectivity index (χ4v) is 2.78. The highest BCUT2D eigenvalue weighted by atomic mass is 79.9.